The number of benzene rings is 2. The molecule has 0 aliphatic heterocycles. The summed E-state index contributed by atoms with van der Waals surface area (Å²) in [7, 11) is 6.56. The Bertz CT molecular complexity index is 594. The minimum absolute atomic E-state index is 0.456. The molecule has 0 amide bonds. The summed E-state index contributed by atoms with van der Waals surface area (Å²) in [5.74, 6) is 0.928. The van der Waals surface area contributed by atoms with E-state index in [1.165, 1.54) is 11.1 Å². The molecule has 0 saturated heterocycles. The van der Waals surface area contributed by atoms with Crippen LogP contribution in [0.5, 0.6) is 5.75 Å². The van der Waals surface area contributed by atoms with Gasteiger partial charge in [-0.05, 0) is 30.2 Å². The average molecular weight is 296 g/mol. The molecule has 2 rings (SSSR count). The van der Waals surface area contributed by atoms with E-state index < -0.39 is 0 Å². The molecule has 0 N–H and O–H groups in total. The smallest absolute Gasteiger partial charge is 0.140 e. The molecule has 0 bridgehead atoms. The molecule has 0 radical (unpaired) electrons. The lowest BCUT2D eigenvalue weighted by molar-refractivity contribution is -0.894. The van der Waals surface area contributed by atoms with E-state index in [0.717, 1.165) is 16.8 Å². The normalized spacial score (nSPS) is 13.3. The number of ether oxygens (including phenoxy) is 1. The summed E-state index contributed by atoms with van der Waals surface area (Å²) in [6.07, 6.45) is 4.24. The molecule has 0 unspecified atom stereocenters. The molecule has 0 heterocycles. The van der Waals surface area contributed by atoms with Gasteiger partial charge in [0.1, 0.15) is 18.4 Å². The topological polar surface area (TPSA) is 9.23 Å². The molecule has 22 heavy (non-hydrogen) atoms. The van der Waals surface area contributed by atoms with Crippen molar-refractivity contribution >= 4 is 12.2 Å². The minimum atomic E-state index is 0.456. The second-order valence-electron chi connectivity index (χ2n) is 6.59. The Labute approximate surface area is 134 Å². The number of hydrogen-bond donors (Lipinski definition) is 0. The van der Waals surface area contributed by atoms with Crippen molar-refractivity contribution in [3.05, 3.63) is 65.7 Å². The molecular formula is C20H26NO+. The summed E-state index contributed by atoms with van der Waals surface area (Å²) in [4.78, 5) is 0. The van der Waals surface area contributed by atoms with Crippen molar-refractivity contribution in [1.29, 1.82) is 0 Å². The first-order chi connectivity index (χ1) is 10.4. The van der Waals surface area contributed by atoms with Gasteiger partial charge in [0.05, 0.1) is 21.1 Å². The predicted molar refractivity (Wildman–Crippen MR) is 94.8 cm³/mol. The lowest BCUT2D eigenvalue weighted by Gasteiger charge is -2.31. The maximum Gasteiger partial charge on any atom is 0.140 e. The second-order valence-corrected chi connectivity index (χ2v) is 6.59. The lowest BCUT2D eigenvalue weighted by atomic mass is 10.1. The number of quaternary nitrogens is 1. The number of hydrogen-bond acceptors (Lipinski definition) is 1. The first-order valence-electron chi connectivity index (χ1n) is 7.72. The fraction of sp³-hybridized carbons (Fsp3) is 0.300. The van der Waals surface area contributed by atoms with Crippen LogP contribution >= 0.6 is 0 Å². The van der Waals surface area contributed by atoms with Gasteiger partial charge < -0.3 is 9.22 Å². The van der Waals surface area contributed by atoms with Crippen LogP contribution in [0.1, 0.15) is 18.1 Å². The summed E-state index contributed by atoms with van der Waals surface area (Å²) < 4.78 is 6.77. The van der Waals surface area contributed by atoms with E-state index >= 15 is 0 Å². The van der Waals surface area contributed by atoms with Gasteiger partial charge in [-0.3, -0.25) is 0 Å². The largest absolute Gasteiger partial charge is 0.487 e. The minimum Gasteiger partial charge on any atom is -0.487 e. The molecule has 2 nitrogen and oxygen atoms in total. The Morgan fingerprint density at radius 1 is 0.864 bits per heavy atom. The molecular weight excluding hydrogens is 270 g/mol. The van der Waals surface area contributed by atoms with Gasteiger partial charge in [-0.25, -0.2) is 0 Å². The molecule has 0 spiro atoms. The average Bonchev–Trinajstić information content (AvgIpc) is 2.51. The molecule has 0 aliphatic rings. The Kier molecular flexibility index (Phi) is 5.40. The predicted octanol–water partition coefficient (Wildman–Crippen LogP) is 4.33. The van der Waals surface area contributed by atoms with E-state index in [-0.39, 0.29) is 0 Å². The van der Waals surface area contributed by atoms with Crippen molar-refractivity contribution in [1.82, 2.24) is 0 Å². The molecule has 0 aliphatic carbocycles. The highest BCUT2D eigenvalue weighted by Crippen LogP contribution is 2.15. The van der Waals surface area contributed by atoms with Crippen LogP contribution in [-0.2, 0) is 0 Å². The summed E-state index contributed by atoms with van der Waals surface area (Å²) in [6, 6.07) is 19.0. The van der Waals surface area contributed by atoms with Crippen molar-refractivity contribution in [2.24, 2.45) is 0 Å². The van der Waals surface area contributed by atoms with E-state index in [2.05, 4.69) is 64.5 Å². The zero-order chi connectivity index (χ0) is 16.0. The molecule has 0 fully saturated rings. The van der Waals surface area contributed by atoms with Crippen LogP contribution in [0.4, 0.5) is 0 Å². The monoisotopic (exact) mass is 296 g/mol. The standard InChI is InChI=1S/C20H26NO/c1-17(21(2,3)4)16-22-20-14-12-19(13-15-20)11-10-18-8-6-5-7-9-18/h5-15,17H,16H2,1-4H3/q+1/b11-10+/t17-/m1/s1. The highest BCUT2D eigenvalue weighted by molar-refractivity contribution is 5.69. The van der Waals surface area contributed by atoms with Gasteiger partial charge in [0.2, 0.25) is 0 Å². The second kappa shape index (κ2) is 7.28. The van der Waals surface area contributed by atoms with E-state index in [9.17, 15) is 0 Å². The van der Waals surface area contributed by atoms with Gasteiger partial charge in [-0.1, -0.05) is 54.6 Å². The molecule has 0 aromatic heterocycles. The van der Waals surface area contributed by atoms with Crippen molar-refractivity contribution in [3.63, 3.8) is 0 Å². The Morgan fingerprint density at radius 3 is 1.95 bits per heavy atom. The molecule has 2 aromatic rings. The van der Waals surface area contributed by atoms with E-state index in [1.54, 1.807) is 0 Å². The third-order valence-electron chi connectivity index (χ3n) is 3.96. The van der Waals surface area contributed by atoms with Crippen LogP contribution in [0.25, 0.3) is 12.2 Å². The Hall–Kier alpha value is -2.06. The van der Waals surface area contributed by atoms with Crippen LogP contribution in [0.2, 0.25) is 0 Å². The number of nitrogens with zero attached hydrogens (tertiary/aromatic N) is 1. The Morgan fingerprint density at radius 2 is 1.41 bits per heavy atom. The van der Waals surface area contributed by atoms with Crippen LogP contribution in [0, 0.1) is 0 Å². The SMILES string of the molecule is C[C@H](COc1ccc(/C=C/c2ccccc2)cc1)[N+](C)(C)C. The molecule has 2 aromatic carbocycles. The maximum atomic E-state index is 5.87. The van der Waals surface area contributed by atoms with Crippen molar-refractivity contribution in [3.8, 4) is 5.75 Å². The third kappa shape index (κ3) is 5.05. The van der Waals surface area contributed by atoms with Crippen LogP contribution in [0.3, 0.4) is 0 Å². The molecule has 2 heteroatoms. The molecule has 116 valence electrons. The Balaban J connectivity index is 1.92. The van der Waals surface area contributed by atoms with Gasteiger partial charge in [0.25, 0.3) is 0 Å². The van der Waals surface area contributed by atoms with Crippen LogP contribution < -0.4 is 4.74 Å². The van der Waals surface area contributed by atoms with E-state index in [4.69, 9.17) is 4.74 Å². The quantitative estimate of drug-likeness (QED) is 0.569. The number of rotatable bonds is 6. The van der Waals surface area contributed by atoms with E-state index in [1.807, 2.05) is 30.3 Å². The molecule has 1 atom stereocenters. The fourth-order valence-corrected chi connectivity index (χ4v) is 1.87. The summed E-state index contributed by atoms with van der Waals surface area (Å²) in [5.41, 5.74) is 2.38. The van der Waals surface area contributed by atoms with Gasteiger partial charge in [-0.15, -0.1) is 0 Å². The van der Waals surface area contributed by atoms with Gasteiger partial charge in [-0.2, -0.15) is 0 Å². The van der Waals surface area contributed by atoms with Crippen molar-refractivity contribution < 1.29 is 9.22 Å². The third-order valence-corrected chi connectivity index (χ3v) is 3.96. The van der Waals surface area contributed by atoms with Crippen LogP contribution in [0.15, 0.2) is 54.6 Å². The number of likely N-dealkylation sites (N-methyl/N-ethyl adjacent to an activating group) is 1. The zero-order valence-corrected chi connectivity index (χ0v) is 14.0. The van der Waals surface area contributed by atoms with Gasteiger partial charge in [0, 0.05) is 0 Å². The zero-order valence-electron chi connectivity index (χ0n) is 14.0. The molecule has 0 saturated carbocycles. The van der Waals surface area contributed by atoms with Crippen molar-refractivity contribution in [2.45, 2.75) is 13.0 Å². The van der Waals surface area contributed by atoms with Crippen molar-refractivity contribution in [2.75, 3.05) is 27.7 Å². The first kappa shape index (κ1) is 16.3. The van der Waals surface area contributed by atoms with Gasteiger partial charge >= 0.3 is 0 Å². The fourth-order valence-electron chi connectivity index (χ4n) is 1.87. The highest BCUT2D eigenvalue weighted by Gasteiger charge is 2.18. The highest BCUT2D eigenvalue weighted by atomic mass is 16.5. The van der Waals surface area contributed by atoms with E-state index in [0.29, 0.717) is 6.04 Å². The summed E-state index contributed by atoms with van der Waals surface area (Å²) in [6.45, 7) is 2.93. The first-order valence-corrected chi connectivity index (χ1v) is 7.72. The van der Waals surface area contributed by atoms with Gasteiger partial charge in [0.15, 0.2) is 0 Å². The maximum absolute atomic E-state index is 5.87. The lowest BCUT2D eigenvalue weighted by Crippen LogP contribution is -2.46. The van der Waals surface area contributed by atoms with Crippen LogP contribution in [-0.4, -0.2) is 38.3 Å². The summed E-state index contributed by atoms with van der Waals surface area (Å²) >= 11 is 0. The summed E-state index contributed by atoms with van der Waals surface area (Å²) in [5, 5.41) is 0.